The molecule has 98 valence electrons. The van der Waals surface area contributed by atoms with E-state index in [2.05, 4.69) is 42.5 Å². The Balaban J connectivity index is 2.07. The van der Waals surface area contributed by atoms with E-state index in [0.717, 1.165) is 5.39 Å². The van der Waals surface area contributed by atoms with Crippen LogP contribution in [0.2, 0.25) is 0 Å². The molecule has 0 unspecified atom stereocenters. The summed E-state index contributed by atoms with van der Waals surface area (Å²) in [5, 5.41) is 4.22. The summed E-state index contributed by atoms with van der Waals surface area (Å²) in [6, 6.07) is 22.0. The highest BCUT2D eigenvalue weighted by Crippen LogP contribution is 2.49. The van der Waals surface area contributed by atoms with Crippen LogP contribution in [0.5, 0.6) is 0 Å². The van der Waals surface area contributed by atoms with Gasteiger partial charge in [-0.2, -0.15) is 0 Å². The Labute approximate surface area is 121 Å². The first-order valence-corrected chi connectivity index (χ1v) is 7.08. The largest absolute Gasteiger partial charge is 0.206 e. The van der Waals surface area contributed by atoms with E-state index in [1.54, 1.807) is 6.07 Å². The van der Waals surface area contributed by atoms with E-state index >= 15 is 0 Å². The highest BCUT2D eigenvalue weighted by Gasteiger charge is 2.23. The average molecular weight is 270 g/mol. The molecule has 0 saturated heterocycles. The van der Waals surface area contributed by atoms with E-state index in [-0.39, 0.29) is 5.82 Å². The summed E-state index contributed by atoms with van der Waals surface area (Å²) in [7, 11) is 0. The van der Waals surface area contributed by atoms with Crippen LogP contribution < -0.4 is 0 Å². The Morgan fingerprint density at radius 1 is 0.571 bits per heavy atom. The van der Waals surface area contributed by atoms with E-state index in [4.69, 9.17) is 0 Å². The third-order valence-corrected chi connectivity index (χ3v) is 4.47. The monoisotopic (exact) mass is 270 g/mol. The lowest BCUT2D eigenvalue weighted by Crippen LogP contribution is -1.84. The lowest BCUT2D eigenvalue weighted by atomic mass is 9.96. The Hall–Kier alpha value is -2.67. The maximum Gasteiger partial charge on any atom is 0.131 e. The fourth-order valence-electron chi connectivity index (χ4n) is 3.61. The molecule has 0 spiro atoms. The summed E-state index contributed by atoms with van der Waals surface area (Å²) in [5.74, 6) is -0.154. The van der Waals surface area contributed by atoms with E-state index in [0.29, 0.717) is 5.39 Å². The van der Waals surface area contributed by atoms with Crippen LogP contribution in [-0.2, 0) is 0 Å². The van der Waals surface area contributed by atoms with Gasteiger partial charge in [-0.05, 0) is 44.5 Å². The maximum absolute atomic E-state index is 14.1. The molecular formula is C20H11F. The number of hydrogen-bond acceptors (Lipinski definition) is 0. The van der Waals surface area contributed by atoms with Gasteiger partial charge >= 0.3 is 0 Å². The summed E-state index contributed by atoms with van der Waals surface area (Å²) in [5.41, 5.74) is 4.84. The van der Waals surface area contributed by atoms with Crippen LogP contribution in [0.1, 0.15) is 0 Å². The van der Waals surface area contributed by atoms with Crippen molar-refractivity contribution in [1.29, 1.82) is 0 Å². The standard InChI is InChI=1S/C20H11F/c21-18-9-3-7-14-13(18)10-11-16-15-6-1-4-12-5-2-8-17(19(12)15)20(14)16/h1-11H. The predicted molar refractivity (Wildman–Crippen MR) is 85.8 cm³/mol. The van der Waals surface area contributed by atoms with Gasteiger partial charge in [0.2, 0.25) is 0 Å². The van der Waals surface area contributed by atoms with Crippen LogP contribution in [0, 0.1) is 5.82 Å². The number of benzene rings is 4. The molecule has 0 aromatic heterocycles. The molecule has 4 aromatic carbocycles. The van der Waals surface area contributed by atoms with Crippen molar-refractivity contribution >= 4 is 21.5 Å². The Kier molecular flexibility index (Phi) is 1.95. The zero-order valence-corrected chi connectivity index (χ0v) is 11.2. The molecule has 0 bridgehead atoms. The summed E-state index contributed by atoms with van der Waals surface area (Å²) >= 11 is 0. The molecule has 0 radical (unpaired) electrons. The first kappa shape index (κ1) is 11.0. The maximum atomic E-state index is 14.1. The normalized spacial score (nSPS) is 12.0. The fourth-order valence-corrected chi connectivity index (χ4v) is 3.61. The molecule has 0 fully saturated rings. The highest BCUT2D eigenvalue weighted by atomic mass is 19.1. The first-order valence-electron chi connectivity index (χ1n) is 7.08. The SMILES string of the molecule is Fc1cccc2c3c(ccc12)-c1cccc2cccc-3c12. The molecule has 0 N–H and O–H groups in total. The number of hydrogen-bond donors (Lipinski definition) is 0. The third kappa shape index (κ3) is 1.28. The molecule has 21 heavy (non-hydrogen) atoms. The second-order valence-corrected chi connectivity index (χ2v) is 5.53. The molecule has 0 atom stereocenters. The van der Waals surface area contributed by atoms with Crippen molar-refractivity contribution in [1.82, 2.24) is 0 Å². The van der Waals surface area contributed by atoms with E-state index < -0.39 is 0 Å². The van der Waals surface area contributed by atoms with Gasteiger partial charge in [-0.1, -0.05) is 60.7 Å². The second kappa shape index (κ2) is 3.70. The number of rotatable bonds is 0. The van der Waals surface area contributed by atoms with Crippen molar-refractivity contribution in [3.63, 3.8) is 0 Å². The van der Waals surface area contributed by atoms with Crippen LogP contribution >= 0.6 is 0 Å². The topological polar surface area (TPSA) is 0 Å². The van der Waals surface area contributed by atoms with Crippen molar-refractivity contribution < 1.29 is 4.39 Å². The lowest BCUT2D eigenvalue weighted by molar-refractivity contribution is 0.640. The van der Waals surface area contributed by atoms with E-state index in [1.165, 1.54) is 39.1 Å². The lowest BCUT2D eigenvalue weighted by Gasteiger charge is -2.07. The van der Waals surface area contributed by atoms with Gasteiger partial charge in [-0.15, -0.1) is 0 Å². The number of fused-ring (bicyclic) bond motifs is 5. The summed E-state index contributed by atoms with van der Waals surface area (Å²) in [4.78, 5) is 0. The second-order valence-electron chi connectivity index (χ2n) is 5.53. The molecule has 1 heteroatoms. The van der Waals surface area contributed by atoms with Gasteiger partial charge in [0, 0.05) is 5.39 Å². The zero-order valence-electron chi connectivity index (χ0n) is 11.2. The zero-order chi connectivity index (χ0) is 14.0. The highest BCUT2D eigenvalue weighted by molar-refractivity contribution is 6.21. The summed E-state index contributed by atoms with van der Waals surface area (Å²) in [6.45, 7) is 0. The molecule has 0 aliphatic heterocycles. The Bertz CT molecular complexity index is 1040. The summed E-state index contributed by atoms with van der Waals surface area (Å²) < 4.78 is 14.1. The first-order chi connectivity index (χ1) is 10.3. The van der Waals surface area contributed by atoms with E-state index in [9.17, 15) is 4.39 Å². The van der Waals surface area contributed by atoms with Crippen molar-refractivity contribution in [3.8, 4) is 22.3 Å². The third-order valence-electron chi connectivity index (χ3n) is 4.47. The Morgan fingerprint density at radius 2 is 1.33 bits per heavy atom. The smallest absolute Gasteiger partial charge is 0.131 e. The fraction of sp³-hybridized carbons (Fsp3) is 0. The van der Waals surface area contributed by atoms with Crippen LogP contribution in [0.25, 0.3) is 43.8 Å². The molecular weight excluding hydrogens is 259 g/mol. The minimum atomic E-state index is -0.154. The van der Waals surface area contributed by atoms with Gasteiger partial charge in [-0.3, -0.25) is 0 Å². The van der Waals surface area contributed by atoms with Crippen molar-refractivity contribution in [3.05, 3.63) is 72.5 Å². The molecule has 0 amide bonds. The minimum Gasteiger partial charge on any atom is -0.206 e. The quantitative estimate of drug-likeness (QED) is 0.334. The predicted octanol–water partition coefficient (Wildman–Crippen LogP) is 5.78. The van der Waals surface area contributed by atoms with Gasteiger partial charge in [-0.25, -0.2) is 4.39 Å². The molecule has 0 heterocycles. The molecule has 1 aliphatic carbocycles. The van der Waals surface area contributed by atoms with Gasteiger partial charge < -0.3 is 0 Å². The molecule has 0 nitrogen and oxygen atoms in total. The van der Waals surface area contributed by atoms with Crippen molar-refractivity contribution in [2.45, 2.75) is 0 Å². The average Bonchev–Trinajstić information content (AvgIpc) is 2.85. The van der Waals surface area contributed by atoms with Crippen LogP contribution in [0.4, 0.5) is 4.39 Å². The molecule has 4 aromatic rings. The van der Waals surface area contributed by atoms with Gasteiger partial charge in [0.05, 0.1) is 0 Å². The van der Waals surface area contributed by atoms with Crippen molar-refractivity contribution in [2.24, 2.45) is 0 Å². The molecule has 1 aliphatic rings. The van der Waals surface area contributed by atoms with Gasteiger partial charge in [0.25, 0.3) is 0 Å². The van der Waals surface area contributed by atoms with Crippen LogP contribution in [0.3, 0.4) is 0 Å². The van der Waals surface area contributed by atoms with Crippen LogP contribution in [0.15, 0.2) is 66.7 Å². The summed E-state index contributed by atoms with van der Waals surface area (Å²) in [6.07, 6.45) is 0. The molecule has 0 saturated carbocycles. The van der Waals surface area contributed by atoms with E-state index in [1.807, 2.05) is 12.1 Å². The van der Waals surface area contributed by atoms with Gasteiger partial charge in [0.15, 0.2) is 0 Å². The molecule has 5 rings (SSSR count). The Morgan fingerprint density at radius 3 is 2.19 bits per heavy atom. The minimum absolute atomic E-state index is 0.154. The van der Waals surface area contributed by atoms with Crippen molar-refractivity contribution in [2.75, 3.05) is 0 Å². The number of halogens is 1. The van der Waals surface area contributed by atoms with Gasteiger partial charge in [0.1, 0.15) is 5.82 Å². The van der Waals surface area contributed by atoms with Crippen LogP contribution in [-0.4, -0.2) is 0 Å².